The average Bonchev–Trinajstić information content (AvgIpc) is 2.74. The fourth-order valence-electron chi connectivity index (χ4n) is 4.18. The second-order valence-electron chi connectivity index (χ2n) is 9.90. The molecular weight excluding hydrogens is 388 g/mol. The minimum absolute atomic E-state index is 0.408. The van der Waals surface area contributed by atoms with Crippen molar-refractivity contribution in [3.05, 3.63) is 83.0 Å². The van der Waals surface area contributed by atoms with Gasteiger partial charge in [0.2, 0.25) is 0 Å². The summed E-state index contributed by atoms with van der Waals surface area (Å²) in [7, 11) is 0. The van der Waals surface area contributed by atoms with Gasteiger partial charge in [0.1, 0.15) is 0 Å². The minimum Gasteiger partial charge on any atom is -0.246 e. The van der Waals surface area contributed by atoms with Crippen molar-refractivity contribution in [1.29, 1.82) is 0 Å². The molecule has 168 valence electrons. The van der Waals surface area contributed by atoms with E-state index in [1.807, 2.05) is 0 Å². The highest BCUT2D eigenvalue weighted by molar-refractivity contribution is 6.51. The first-order valence-electron chi connectivity index (χ1n) is 12.0. The Morgan fingerprint density at radius 3 is 1.00 bits per heavy atom. The third-order valence-corrected chi connectivity index (χ3v) is 6.03. The predicted octanol–water partition coefficient (Wildman–Crippen LogP) is 9.15. The smallest absolute Gasteiger partial charge is 0.0893 e. The van der Waals surface area contributed by atoms with Gasteiger partial charge in [0.05, 0.1) is 22.8 Å². The Kier molecular flexibility index (Phi) is 7.66. The van der Waals surface area contributed by atoms with Crippen molar-refractivity contribution in [3.8, 4) is 0 Å². The van der Waals surface area contributed by atoms with Crippen LogP contribution in [0, 0.1) is 0 Å². The molecule has 0 spiro atoms. The third-order valence-electron chi connectivity index (χ3n) is 6.03. The number of aliphatic imine (C=N–C) groups is 2. The molecule has 0 radical (unpaired) electrons. The molecule has 2 aromatic rings. The Morgan fingerprint density at radius 1 is 0.469 bits per heavy atom. The quantitative estimate of drug-likeness (QED) is 0.411. The molecular formula is C30H38N2. The zero-order valence-electron chi connectivity index (χ0n) is 21.0. The van der Waals surface area contributed by atoms with Crippen molar-refractivity contribution in [2.45, 2.75) is 79.1 Å². The van der Waals surface area contributed by atoms with Gasteiger partial charge >= 0.3 is 0 Å². The summed E-state index contributed by atoms with van der Waals surface area (Å²) in [6.07, 6.45) is 8.30. The molecule has 0 bridgehead atoms. The molecule has 0 heterocycles. The van der Waals surface area contributed by atoms with Crippen LogP contribution in [0.25, 0.3) is 0 Å². The summed E-state index contributed by atoms with van der Waals surface area (Å²) in [5.74, 6) is 1.63. The van der Waals surface area contributed by atoms with E-state index < -0.39 is 0 Å². The van der Waals surface area contributed by atoms with Crippen molar-refractivity contribution in [1.82, 2.24) is 0 Å². The summed E-state index contributed by atoms with van der Waals surface area (Å²) in [5.41, 5.74) is 9.20. The first-order chi connectivity index (χ1) is 15.2. The number of benzene rings is 2. The number of hydrogen-bond donors (Lipinski definition) is 0. The van der Waals surface area contributed by atoms with Gasteiger partial charge in [0.25, 0.3) is 0 Å². The van der Waals surface area contributed by atoms with Crippen LogP contribution < -0.4 is 0 Å². The molecule has 1 aliphatic carbocycles. The normalized spacial score (nSPS) is 16.5. The summed E-state index contributed by atoms with van der Waals surface area (Å²) in [6.45, 7) is 17.9. The summed E-state index contributed by atoms with van der Waals surface area (Å²) >= 11 is 0. The lowest BCUT2D eigenvalue weighted by Crippen LogP contribution is -2.12. The van der Waals surface area contributed by atoms with Crippen molar-refractivity contribution < 1.29 is 0 Å². The molecule has 2 nitrogen and oxygen atoms in total. The molecule has 0 unspecified atom stereocenters. The van der Waals surface area contributed by atoms with Gasteiger partial charge in [-0.05, 0) is 58.1 Å². The molecule has 0 saturated heterocycles. The topological polar surface area (TPSA) is 24.7 Å². The minimum atomic E-state index is 0.408. The maximum Gasteiger partial charge on any atom is 0.0893 e. The van der Waals surface area contributed by atoms with Gasteiger partial charge in [-0.2, -0.15) is 0 Å². The Labute approximate surface area is 194 Å². The van der Waals surface area contributed by atoms with E-state index in [-0.39, 0.29) is 0 Å². The fraction of sp³-hybridized carbons (Fsp3) is 0.400. The molecule has 1 aliphatic rings. The van der Waals surface area contributed by atoms with Crippen molar-refractivity contribution >= 4 is 22.8 Å². The largest absolute Gasteiger partial charge is 0.246 e. The molecule has 0 aromatic heterocycles. The van der Waals surface area contributed by atoms with E-state index in [2.05, 4.69) is 116 Å². The maximum absolute atomic E-state index is 5.23. The van der Waals surface area contributed by atoms with E-state index in [0.717, 1.165) is 22.8 Å². The van der Waals surface area contributed by atoms with Crippen LogP contribution in [0.1, 0.15) is 101 Å². The summed E-state index contributed by atoms with van der Waals surface area (Å²) in [4.78, 5) is 10.5. The molecule has 0 aliphatic heterocycles. The van der Waals surface area contributed by atoms with Gasteiger partial charge in [-0.1, -0.05) is 104 Å². The molecule has 0 amide bonds. The number of hydrogen-bond acceptors (Lipinski definition) is 2. The van der Waals surface area contributed by atoms with Crippen LogP contribution in [-0.2, 0) is 0 Å². The first-order valence-corrected chi connectivity index (χ1v) is 12.0. The van der Waals surface area contributed by atoms with Crippen LogP contribution in [0.15, 0.2) is 70.7 Å². The molecule has 3 rings (SSSR count). The van der Waals surface area contributed by atoms with Crippen molar-refractivity contribution in [3.63, 3.8) is 0 Å². The second-order valence-corrected chi connectivity index (χ2v) is 9.90. The number of para-hydroxylation sites is 2. The van der Waals surface area contributed by atoms with E-state index in [0.29, 0.717) is 23.7 Å². The molecule has 2 heteroatoms. The van der Waals surface area contributed by atoms with E-state index >= 15 is 0 Å². The van der Waals surface area contributed by atoms with Crippen LogP contribution in [-0.4, -0.2) is 11.4 Å². The lowest BCUT2D eigenvalue weighted by Gasteiger charge is -2.19. The molecule has 0 atom stereocenters. The molecule has 0 fully saturated rings. The van der Waals surface area contributed by atoms with Crippen LogP contribution >= 0.6 is 0 Å². The zero-order chi connectivity index (χ0) is 23.4. The van der Waals surface area contributed by atoms with Crippen LogP contribution in [0.5, 0.6) is 0 Å². The van der Waals surface area contributed by atoms with Gasteiger partial charge in [-0.25, -0.2) is 9.98 Å². The van der Waals surface area contributed by atoms with Crippen LogP contribution in [0.3, 0.4) is 0 Å². The monoisotopic (exact) mass is 426 g/mol. The maximum atomic E-state index is 5.23. The number of nitrogens with zero attached hydrogens (tertiary/aromatic N) is 2. The Balaban J connectivity index is 2.23. The first kappa shape index (κ1) is 23.9. The van der Waals surface area contributed by atoms with E-state index in [1.54, 1.807) is 0 Å². The molecule has 2 aromatic carbocycles. The van der Waals surface area contributed by atoms with Gasteiger partial charge in [0.15, 0.2) is 0 Å². The third kappa shape index (κ3) is 5.18. The van der Waals surface area contributed by atoms with Crippen LogP contribution in [0.4, 0.5) is 11.4 Å². The molecule has 0 saturated carbocycles. The lowest BCUT2D eigenvalue weighted by molar-refractivity contribution is 0.834. The fourth-order valence-corrected chi connectivity index (χ4v) is 4.18. The highest BCUT2D eigenvalue weighted by Crippen LogP contribution is 2.37. The van der Waals surface area contributed by atoms with Gasteiger partial charge in [-0.15, -0.1) is 0 Å². The summed E-state index contributed by atoms with van der Waals surface area (Å²) < 4.78 is 0. The Hall–Kier alpha value is -2.74. The lowest BCUT2D eigenvalue weighted by atomic mass is 9.92. The van der Waals surface area contributed by atoms with Crippen molar-refractivity contribution in [2.24, 2.45) is 9.98 Å². The van der Waals surface area contributed by atoms with Gasteiger partial charge in [-0.3, -0.25) is 0 Å². The summed E-state index contributed by atoms with van der Waals surface area (Å²) in [5, 5.41) is 0. The Bertz CT molecular complexity index is 936. The van der Waals surface area contributed by atoms with Crippen LogP contribution in [0.2, 0.25) is 0 Å². The average molecular weight is 427 g/mol. The highest BCUT2D eigenvalue weighted by atomic mass is 14.8. The highest BCUT2D eigenvalue weighted by Gasteiger charge is 2.18. The number of allylic oxidation sites excluding steroid dienone is 4. The second kappa shape index (κ2) is 10.3. The SMILES string of the molecule is CC(C)c1cccc(C(C)C)c1N=C1C=CC=CC1=Nc1c(C(C)C)cccc1C(C)C. The molecule has 0 N–H and O–H groups in total. The van der Waals surface area contributed by atoms with E-state index in [1.165, 1.54) is 22.3 Å². The van der Waals surface area contributed by atoms with E-state index in [4.69, 9.17) is 9.98 Å². The standard InChI is InChI=1S/C30H38N2/c1-19(2)23-13-11-14-24(20(3)4)29(23)31-27-17-9-10-18-28(27)32-30-25(21(5)6)15-12-16-26(30)22(7)8/h9-22H,1-8H3. The van der Waals surface area contributed by atoms with Gasteiger partial charge < -0.3 is 0 Å². The summed E-state index contributed by atoms with van der Waals surface area (Å²) in [6, 6.07) is 13.2. The molecule has 32 heavy (non-hydrogen) atoms. The number of rotatable bonds is 6. The predicted molar refractivity (Wildman–Crippen MR) is 142 cm³/mol. The van der Waals surface area contributed by atoms with Gasteiger partial charge in [0, 0.05) is 0 Å². The van der Waals surface area contributed by atoms with E-state index in [9.17, 15) is 0 Å². The Morgan fingerprint density at radius 2 is 0.750 bits per heavy atom. The van der Waals surface area contributed by atoms with Crippen molar-refractivity contribution in [2.75, 3.05) is 0 Å². The zero-order valence-corrected chi connectivity index (χ0v) is 21.0.